The van der Waals surface area contributed by atoms with Gasteiger partial charge in [-0.2, -0.15) is 0 Å². The highest BCUT2D eigenvalue weighted by atomic mass is 15.3. The van der Waals surface area contributed by atoms with Gasteiger partial charge in [0.1, 0.15) is 17.5 Å². The maximum atomic E-state index is 5.44. The van der Waals surface area contributed by atoms with Gasteiger partial charge in [-0.3, -0.25) is 4.98 Å². The quantitative estimate of drug-likeness (QED) is 0.571. The van der Waals surface area contributed by atoms with Gasteiger partial charge in [-0.05, 0) is 24.1 Å². The Hall–Kier alpha value is -2.21. The first-order chi connectivity index (χ1) is 9.60. The third-order valence-electron chi connectivity index (χ3n) is 3.02. The van der Waals surface area contributed by atoms with E-state index in [1.54, 1.807) is 12.3 Å². The number of aryl methyl sites for hydroxylation is 1. The Morgan fingerprint density at radius 2 is 2.00 bits per heavy atom. The first-order valence-corrected chi connectivity index (χ1v) is 6.59. The van der Waals surface area contributed by atoms with Crippen LogP contribution < -0.4 is 16.6 Å². The van der Waals surface area contributed by atoms with Gasteiger partial charge < -0.3 is 10.7 Å². The van der Waals surface area contributed by atoms with Crippen LogP contribution in [0.3, 0.4) is 0 Å². The van der Waals surface area contributed by atoms with Crippen molar-refractivity contribution in [2.75, 3.05) is 10.7 Å². The van der Waals surface area contributed by atoms with Crippen LogP contribution in [0.1, 0.15) is 36.7 Å². The highest BCUT2D eigenvalue weighted by molar-refractivity contribution is 5.47. The maximum Gasteiger partial charge on any atom is 0.145 e. The van der Waals surface area contributed by atoms with Crippen LogP contribution in [-0.4, -0.2) is 15.0 Å². The molecule has 0 saturated heterocycles. The highest BCUT2D eigenvalue weighted by Crippen LogP contribution is 2.17. The number of aromatic nitrogens is 3. The monoisotopic (exact) mass is 272 g/mol. The molecule has 0 aliphatic heterocycles. The van der Waals surface area contributed by atoms with E-state index in [0.717, 1.165) is 17.2 Å². The van der Waals surface area contributed by atoms with Crippen molar-refractivity contribution in [1.29, 1.82) is 0 Å². The smallest absolute Gasteiger partial charge is 0.145 e. The second kappa shape index (κ2) is 6.29. The molecule has 6 heteroatoms. The van der Waals surface area contributed by atoms with Crippen molar-refractivity contribution >= 4 is 11.6 Å². The van der Waals surface area contributed by atoms with Gasteiger partial charge in [-0.1, -0.05) is 13.8 Å². The van der Waals surface area contributed by atoms with Crippen LogP contribution in [-0.2, 0) is 6.54 Å². The van der Waals surface area contributed by atoms with Gasteiger partial charge in [-0.15, -0.1) is 0 Å². The van der Waals surface area contributed by atoms with Crippen LogP contribution in [0.4, 0.5) is 11.6 Å². The lowest BCUT2D eigenvalue weighted by molar-refractivity contribution is 0.775. The third-order valence-corrected chi connectivity index (χ3v) is 3.02. The van der Waals surface area contributed by atoms with Crippen LogP contribution in [0.15, 0.2) is 24.5 Å². The molecule has 2 aromatic heterocycles. The second-order valence-corrected chi connectivity index (χ2v) is 4.95. The van der Waals surface area contributed by atoms with Crippen LogP contribution >= 0.6 is 0 Å². The molecule has 0 fully saturated rings. The number of hydrogen-bond donors (Lipinski definition) is 3. The van der Waals surface area contributed by atoms with Crippen molar-refractivity contribution < 1.29 is 0 Å². The predicted molar refractivity (Wildman–Crippen MR) is 80.2 cm³/mol. The minimum Gasteiger partial charge on any atom is -0.366 e. The molecular weight excluding hydrogens is 252 g/mol. The molecule has 20 heavy (non-hydrogen) atoms. The molecule has 0 aliphatic rings. The van der Waals surface area contributed by atoms with Gasteiger partial charge in [0.15, 0.2) is 0 Å². The Bertz CT molecular complexity index is 582. The Morgan fingerprint density at radius 1 is 1.25 bits per heavy atom. The van der Waals surface area contributed by atoms with Crippen LogP contribution in [0.25, 0.3) is 0 Å². The first kappa shape index (κ1) is 14.2. The molecule has 106 valence electrons. The molecule has 2 aromatic rings. The maximum absolute atomic E-state index is 5.44. The molecule has 2 rings (SSSR count). The van der Waals surface area contributed by atoms with E-state index in [9.17, 15) is 0 Å². The van der Waals surface area contributed by atoms with E-state index in [2.05, 4.69) is 32.6 Å². The van der Waals surface area contributed by atoms with Crippen molar-refractivity contribution in [3.63, 3.8) is 0 Å². The van der Waals surface area contributed by atoms with Gasteiger partial charge in [0, 0.05) is 30.9 Å². The molecule has 0 atom stereocenters. The molecule has 0 bridgehead atoms. The van der Waals surface area contributed by atoms with E-state index in [4.69, 9.17) is 5.84 Å². The SMILES string of the molecule is Cc1ccncc1CNc1cc(NN)nc(C(C)C)n1. The topological polar surface area (TPSA) is 88.8 Å². The number of nitrogens with two attached hydrogens (primary N) is 1. The Kier molecular flexibility index (Phi) is 4.47. The zero-order chi connectivity index (χ0) is 14.5. The Balaban J connectivity index is 2.17. The fraction of sp³-hybridized carbons (Fsp3) is 0.357. The Morgan fingerprint density at radius 3 is 2.65 bits per heavy atom. The summed E-state index contributed by atoms with van der Waals surface area (Å²) in [5, 5.41) is 3.29. The van der Waals surface area contributed by atoms with Crippen LogP contribution in [0, 0.1) is 6.92 Å². The summed E-state index contributed by atoms with van der Waals surface area (Å²) in [5.41, 5.74) is 4.90. The summed E-state index contributed by atoms with van der Waals surface area (Å²) >= 11 is 0. The fourth-order valence-electron chi connectivity index (χ4n) is 1.76. The molecule has 0 unspecified atom stereocenters. The molecule has 0 amide bonds. The number of anilines is 2. The molecule has 0 saturated carbocycles. The van der Waals surface area contributed by atoms with E-state index in [0.29, 0.717) is 12.4 Å². The standard InChI is InChI=1S/C14H20N6/c1-9(2)14-18-12(6-13(19-14)20-15)17-8-11-7-16-5-4-10(11)3/h4-7,9H,8,15H2,1-3H3,(H2,17,18,19,20). The van der Waals surface area contributed by atoms with Gasteiger partial charge in [0.2, 0.25) is 0 Å². The summed E-state index contributed by atoms with van der Waals surface area (Å²) < 4.78 is 0. The van der Waals surface area contributed by atoms with Crippen molar-refractivity contribution in [2.24, 2.45) is 5.84 Å². The number of pyridine rings is 1. The molecule has 0 aromatic carbocycles. The summed E-state index contributed by atoms with van der Waals surface area (Å²) in [6, 6.07) is 3.78. The average molecular weight is 272 g/mol. The van der Waals surface area contributed by atoms with E-state index >= 15 is 0 Å². The Labute approximate surface area is 118 Å². The summed E-state index contributed by atoms with van der Waals surface area (Å²) in [4.78, 5) is 12.9. The molecule has 0 radical (unpaired) electrons. The molecule has 4 N–H and O–H groups in total. The predicted octanol–water partition coefficient (Wildman–Crippen LogP) is 2.20. The normalized spacial score (nSPS) is 10.7. The molecule has 2 heterocycles. The zero-order valence-corrected chi connectivity index (χ0v) is 12.0. The number of nitrogens with one attached hydrogen (secondary N) is 2. The molecule has 6 nitrogen and oxygen atoms in total. The summed E-state index contributed by atoms with van der Waals surface area (Å²) in [7, 11) is 0. The number of rotatable bonds is 5. The lowest BCUT2D eigenvalue weighted by Crippen LogP contribution is -2.13. The largest absolute Gasteiger partial charge is 0.366 e. The summed E-state index contributed by atoms with van der Waals surface area (Å²) in [6.07, 6.45) is 3.64. The highest BCUT2D eigenvalue weighted by Gasteiger charge is 2.08. The van der Waals surface area contributed by atoms with Gasteiger partial charge in [0.25, 0.3) is 0 Å². The second-order valence-electron chi connectivity index (χ2n) is 4.95. The van der Waals surface area contributed by atoms with E-state index in [-0.39, 0.29) is 5.92 Å². The summed E-state index contributed by atoms with van der Waals surface area (Å²) in [6.45, 7) is 6.82. The number of nitrogens with zero attached hydrogens (tertiary/aromatic N) is 3. The van der Waals surface area contributed by atoms with Crippen LogP contribution in [0.5, 0.6) is 0 Å². The number of hydrazine groups is 1. The lowest BCUT2D eigenvalue weighted by atomic mass is 10.1. The van der Waals surface area contributed by atoms with Crippen molar-refractivity contribution in [3.05, 3.63) is 41.5 Å². The lowest BCUT2D eigenvalue weighted by Gasteiger charge is -2.12. The van der Waals surface area contributed by atoms with E-state index in [1.807, 2.05) is 26.1 Å². The van der Waals surface area contributed by atoms with E-state index < -0.39 is 0 Å². The average Bonchev–Trinajstić information content (AvgIpc) is 2.46. The van der Waals surface area contributed by atoms with Crippen molar-refractivity contribution in [2.45, 2.75) is 33.2 Å². The van der Waals surface area contributed by atoms with E-state index in [1.165, 1.54) is 5.56 Å². The van der Waals surface area contributed by atoms with Gasteiger partial charge >= 0.3 is 0 Å². The minimum absolute atomic E-state index is 0.240. The van der Waals surface area contributed by atoms with Crippen molar-refractivity contribution in [1.82, 2.24) is 15.0 Å². The third kappa shape index (κ3) is 3.42. The molecular formula is C14H20N6. The molecule has 0 spiro atoms. The van der Waals surface area contributed by atoms with Crippen LogP contribution in [0.2, 0.25) is 0 Å². The number of hydrogen-bond acceptors (Lipinski definition) is 6. The van der Waals surface area contributed by atoms with Gasteiger partial charge in [-0.25, -0.2) is 15.8 Å². The zero-order valence-electron chi connectivity index (χ0n) is 12.0. The summed E-state index contributed by atoms with van der Waals surface area (Å²) in [5.74, 6) is 7.79. The minimum atomic E-state index is 0.240. The van der Waals surface area contributed by atoms with Gasteiger partial charge in [0.05, 0.1) is 0 Å². The van der Waals surface area contributed by atoms with Crippen molar-refractivity contribution in [3.8, 4) is 0 Å². The first-order valence-electron chi connectivity index (χ1n) is 6.59. The fourth-order valence-corrected chi connectivity index (χ4v) is 1.76. The molecule has 0 aliphatic carbocycles. The number of nitrogen functional groups attached to an aromatic ring is 1.